The van der Waals surface area contributed by atoms with E-state index in [1.807, 2.05) is 6.92 Å². The fourth-order valence-corrected chi connectivity index (χ4v) is 2.32. The van der Waals surface area contributed by atoms with Gasteiger partial charge in [-0.05, 0) is 36.8 Å². The zero-order valence-electron chi connectivity index (χ0n) is 13.1. The third-order valence-corrected chi connectivity index (χ3v) is 3.49. The first-order valence-electron chi connectivity index (χ1n) is 7.31. The molecule has 0 spiro atoms. The Balaban J connectivity index is 1.79. The number of alkyl halides is 3. The molecule has 0 unspecified atom stereocenters. The van der Waals surface area contributed by atoms with Gasteiger partial charge in [-0.15, -0.1) is 13.2 Å². The molecule has 0 aliphatic carbocycles. The van der Waals surface area contributed by atoms with Crippen molar-refractivity contribution in [1.82, 2.24) is 15.0 Å². The number of rotatable bonds is 4. The van der Waals surface area contributed by atoms with Gasteiger partial charge in [0.05, 0.1) is 5.39 Å². The van der Waals surface area contributed by atoms with Gasteiger partial charge in [0.1, 0.15) is 23.7 Å². The minimum atomic E-state index is -4.71. The second-order valence-electron chi connectivity index (χ2n) is 5.31. The quantitative estimate of drug-likeness (QED) is 0.747. The maximum atomic E-state index is 12.2. The summed E-state index contributed by atoms with van der Waals surface area (Å²) in [6.07, 6.45) is -3.34. The highest BCUT2D eigenvalue weighted by Crippen LogP contribution is 2.27. The number of nitrogen functional groups attached to an aromatic ring is 1. The van der Waals surface area contributed by atoms with E-state index in [1.54, 1.807) is 24.3 Å². The van der Waals surface area contributed by atoms with Gasteiger partial charge in [0.2, 0.25) is 0 Å². The molecule has 0 radical (unpaired) electrons. The molecule has 0 fully saturated rings. The first-order chi connectivity index (χ1) is 11.8. The molecule has 1 aromatic carbocycles. The Bertz CT molecular complexity index is 883. The SMILES string of the molecule is C[C@H](Nc1ncnc2nc(N)ccc12)c1ccc(OC(F)(F)F)cc1. The van der Waals surface area contributed by atoms with Crippen molar-refractivity contribution in [1.29, 1.82) is 0 Å². The van der Waals surface area contributed by atoms with Crippen molar-refractivity contribution in [3.8, 4) is 5.75 Å². The molecule has 3 rings (SSSR count). The number of ether oxygens (including phenoxy) is 1. The third-order valence-electron chi connectivity index (χ3n) is 3.49. The van der Waals surface area contributed by atoms with Gasteiger partial charge in [-0.2, -0.15) is 0 Å². The van der Waals surface area contributed by atoms with Crippen molar-refractivity contribution < 1.29 is 17.9 Å². The zero-order chi connectivity index (χ0) is 18.0. The fraction of sp³-hybridized carbons (Fsp3) is 0.188. The summed E-state index contributed by atoms with van der Waals surface area (Å²) in [7, 11) is 0. The lowest BCUT2D eigenvalue weighted by Crippen LogP contribution is -2.17. The number of nitrogens with two attached hydrogens (primary N) is 1. The minimum absolute atomic E-state index is 0.212. The van der Waals surface area contributed by atoms with Crippen LogP contribution in [0.4, 0.5) is 24.8 Å². The molecule has 0 saturated carbocycles. The smallest absolute Gasteiger partial charge is 0.406 e. The number of pyridine rings is 1. The number of benzene rings is 1. The van der Waals surface area contributed by atoms with Crippen LogP contribution in [0.1, 0.15) is 18.5 Å². The summed E-state index contributed by atoms with van der Waals surface area (Å²) in [4.78, 5) is 12.4. The van der Waals surface area contributed by atoms with Gasteiger partial charge in [-0.25, -0.2) is 15.0 Å². The fourth-order valence-electron chi connectivity index (χ4n) is 2.32. The first-order valence-corrected chi connectivity index (χ1v) is 7.31. The number of halogens is 3. The molecule has 0 aliphatic rings. The van der Waals surface area contributed by atoms with Gasteiger partial charge < -0.3 is 15.8 Å². The summed E-state index contributed by atoms with van der Waals surface area (Å²) in [5.41, 5.74) is 6.87. The van der Waals surface area contributed by atoms with Crippen molar-refractivity contribution in [3.63, 3.8) is 0 Å². The highest BCUT2D eigenvalue weighted by molar-refractivity contribution is 5.87. The molecule has 0 amide bonds. The highest BCUT2D eigenvalue weighted by Gasteiger charge is 2.31. The lowest BCUT2D eigenvalue weighted by molar-refractivity contribution is -0.274. The Labute approximate surface area is 140 Å². The van der Waals surface area contributed by atoms with Gasteiger partial charge in [-0.1, -0.05) is 12.1 Å². The maximum absolute atomic E-state index is 12.2. The number of nitrogens with zero attached hydrogens (tertiary/aromatic N) is 3. The van der Waals surface area contributed by atoms with E-state index in [4.69, 9.17) is 5.73 Å². The molecule has 0 aliphatic heterocycles. The Morgan fingerprint density at radius 1 is 1.08 bits per heavy atom. The van der Waals surface area contributed by atoms with E-state index in [9.17, 15) is 13.2 Å². The summed E-state index contributed by atoms with van der Waals surface area (Å²) in [6, 6.07) is 8.83. The Hall–Kier alpha value is -3.10. The molecular formula is C16H14F3N5O. The maximum Gasteiger partial charge on any atom is 0.573 e. The molecule has 25 heavy (non-hydrogen) atoms. The van der Waals surface area contributed by atoms with Gasteiger partial charge in [0.25, 0.3) is 0 Å². The number of nitrogens with one attached hydrogen (secondary N) is 1. The number of fused-ring (bicyclic) bond motifs is 1. The molecule has 6 nitrogen and oxygen atoms in total. The Kier molecular flexibility index (Phi) is 4.30. The normalized spacial score (nSPS) is 12.8. The van der Waals surface area contributed by atoms with E-state index in [0.717, 1.165) is 5.56 Å². The minimum Gasteiger partial charge on any atom is -0.406 e. The van der Waals surface area contributed by atoms with Crippen LogP contribution in [0, 0.1) is 0 Å². The summed E-state index contributed by atoms with van der Waals surface area (Å²) in [5, 5.41) is 3.89. The van der Waals surface area contributed by atoms with Crippen LogP contribution in [0.5, 0.6) is 5.75 Å². The van der Waals surface area contributed by atoms with Crippen LogP contribution in [0.3, 0.4) is 0 Å². The topological polar surface area (TPSA) is 86.0 Å². The van der Waals surface area contributed by atoms with E-state index >= 15 is 0 Å². The van der Waals surface area contributed by atoms with Crippen LogP contribution in [-0.4, -0.2) is 21.3 Å². The average molecular weight is 349 g/mol. The van der Waals surface area contributed by atoms with Gasteiger partial charge in [-0.3, -0.25) is 0 Å². The van der Waals surface area contributed by atoms with Crippen molar-refractivity contribution >= 4 is 22.7 Å². The second-order valence-corrected chi connectivity index (χ2v) is 5.31. The van der Waals surface area contributed by atoms with E-state index in [0.29, 0.717) is 22.7 Å². The van der Waals surface area contributed by atoms with Crippen LogP contribution in [0.15, 0.2) is 42.7 Å². The summed E-state index contributed by atoms with van der Waals surface area (Å²) in [5.74, 6) is 0.640. The van der Waals surface area contributed by atoms with Gasteiger partial charge >= 0.3 is 6.36 Å². The Morgan fingerprint density at radius 2 is 1.80 bits per heavy atom. The predicted molar refractivity (Wildman–Crippen MR) is 86.9 cm³/mol. The summed E-state index contributed by atoms with van der Waals surface area (Å²) < 4.78 is 40.5. The monoisotopic (exact) mass is 349 g/mol. The van der Waals surface area contributed by atoms with Crippen LogP contribution in [0.25, 0.3) is 11.0 Å². The van der Waals surface area contributed by atoms with E-state index < -0.39 is 6.36 Å². The molecule has 3 N–H and O–H groups in total. The number of hydrogen-bond donors (Lipinski definition) is 2. The second kappa shape index (κ2) is 6.42. The molecule has 2 heterocycles. The number of aromatic nitrogens is 3. The van der Waals surface area contributed by atoms with Crippen LogP contribution >= 0.6 is 0 Å². The van der Waals surface area contributed by atoms with Crippen molar-refractivity contribution in [3.05, 3.63) is 48.3 Å². The largest absolute Gasteiger partial charge is 0.573 e. The zero-order valence-corrected chi connectivity index (χ0v) is 13.1. The standard InChI is InChI=1S/C16H14F3N5O/c1-9(10-2-4-11(5-3-10)25-16(17,18)19)23-14-12-6-7-13(20)24-15(12)22-8-21-14/h2-9H,1H3,(H3,20,21,22,23,24)/t9-/m0/s1. The molecular weight excluding hydrogens is 335 g/mol. The molecule has 130 valence electrons. The third kappa shape index (κ3) is 4.06. The molecule has 3 aromatic rings. The average Bonchev–Trinajstić information content (AvgIpc) is 2.54. The lowest BCUT2D eigenvalue weighted by atomic mass is 10.1. The van der Waals surface area contributed by atoms with Crippen molar-refractivity contribution in [2.45, 2.75) is 19.3 Å². The van der Waals surface area contributed by atoms with Crippen LogP contribution in [-0.2, 0) is 0 Å². The van der Waals surface area contributed by atoms with E-state index in [1.165, 1.54) is 18.5 Å². The number of anilines is 2. The van der Waals surface area contributed by atoms with E-state index in [-0.39, 0.29) is 11.8 Å². The van der Waals surface area contributed by atoms with Crippen molar-refractivity contribution in [2.24, 2.45) is 0 Å². The number of hydrogen-bond acceptors (Lipinski definition) is 6. The molecule has 0 bridgehead atoms. The van der Waals surface area contributed by atoms with E-state index in [2.05, 4.69) is 25.0 Å². The van der Waals surface area contributed by atoms with Gasteiger partial charge in [0.15, 0.2) is 5.65 Å². The summed E-state index contributed by atoms with van der Waals surface area (Å²) in [6.45, 7) is 1.86. The molecule has 1 atom stereocenters. The molecule has 9 heteroatoms. The Morgan fingerprint density at radius 3 is 2.48 bits per heavy atom. The van der Waals surface area contributed by atoms with Gasteiger partial charge in [0, 0.05) is 6.04 Å². The first kappa shape index (κ1) is 16.7. The predicted octanol–water partition coefficient (Wildman–Crippen LogP) is 3.68. The molecule has 2 aromatic heterocycles. The van der Waals surface area contributed by atoms with Crippen molar-refractivity contribution in [2.75, 3.05) is 11.1 Å². The van der Waals surface area contributed by atoms with Crippen LogP contribution < -0.4 is 15.8 Å². The molecule has 0 saturated heterocycles. The van der Waals surface area contributed by atoms with Crippen LogP contribution in [0.2, 0.25) is 0 Å². The highest BCUT2D eigenvalue weighted by atomic mass is 19.4. The lowest BCUT2D eigenvalue weighted by Gasteiger charge is -2.17. The summed E-state index contributed by atoms with van der Waals surface area (Å²) >= 11 is 0.